The van der Waals surface area contributed by atoms with Crippen LogP contribution in [0.25, 0.3) is 11.0 Å². The Morgan fingerprint density at radius 2 is 1.90 bits per heavy atom. The molecule has 11 heteroatoms. The third-order valence-electron chi connectivity index (χ3n) is 6.12. The first-order valence-electron chi connectivity index (χ1n) is 12.2. The minimum atomic E-state index is -0.291. The van der Waals surface area contributed by atoms with Crippen LogP contribution in [0.4, 0.5) is 11.6 Å². The average Bonchev–Trinajstić information content (AvgIpc) is 3.24. The van der Waals surface area contributed by atoms with Gasteiger partial charge in [0.05, 0.1) is 37.1 Å². The molecule has 0 atom stereocenters. The molecule has 10 nitrogen and oxygen atoms in total. The van der Waals surface area contributed by atoms with Crippen LogP contribution in [0.3, 0.4) is 0 Å². The molecule has 0 saturated carbocycles. The summed E-state index contributed by atoms with van der Waals surface area (Å²) in [4.78, 5) is 25.6. The maximum Gasteiger partial charge on any atom is 0.270 e. The summed E-state index contributed by atoms with van der Waals surface area (Å²) in [6, 6.07) is 13.0. The van der Waals surface area contributed by atoms with Gasteiger partial charge in [-0.15, -0.1) is 0 Å². The number of anilines is 2. The van der Waals surface area contributed by atoms with E-state index in [1.807, 2.05) is 65.8 Å². The lowest BCUT2D eigenvalue weighted by Gasteiger charge is -2.11. The first kappa shape index (κ1) is 26.1. The van der Waals surface area contributed by atoms with Gasteiger partial charge in [0.2, 0.25) is 5.95 Å². The fourth-order valence-corrected chi connectivity index (χ4v) is 4.26. The molecule has 5 rings (SSSR count). The molecule has 3 aromatic heterocycles. The van der Waals surface area contributed by atoms with E-state index in [-0.39, 0.29) is 11.6 Å². The van der Waals surface area contributed by atoms with Crippen molar-refractivity contribution in [3.05, 3.63) is 89.2 Å². The molecular weight excluding hydrogens is 562 g/mol. The van der Waals surface area contributed by atoms with Crippen molar-refractivity contribution >= 4 is 44.5 Å². The Morgan fingerprint density at radius 3 is 2.67 bits per heavy atom. The van der Waals surface area contributed by atoms with E-state index in [2.05, 4.69) is 36.5 Å². The Hall–Kier alpha value is -4.51. The molecule has 0 saturated heterocycles. The van der Waals surface area contributed by atoms with Gasteiger partial charge in [-0.2, -0.15) is 0 Å². The third kappa shape index (κ3) is 5.99. The lowest BCUT2D eigenvalue weighted by atomic mass is 10.2. The van der Waals surface area contributed by atoms with Crippen molar-refractivity contribution in [2.75, 3.05) is 19.0 Å². The van der Waals surface area contributed by atoms with Crippen molar-refractivity contribution in [3.8, 4) is 17.2 Å². The summed E-state index contributed by atoms with van der Waals surface area (Å²) in [5.41, 5.74) is 3.90. The van der Waals surface area contributed by atoms with E-state index < -0.39 is 0 Å². The second kappa shape index (κ2) is 11.5. The summed E-state index contributed by atoms with van der Waals surface area (Å²) in [5, 5.41) is 6.25. The SMILES string of the molecule is COc1cc2c(cc1Oc1ccnc(C(=O)NCC[n+]3ccncc3)c1)nc(Nc1ccc(Br)c(C)c1)n2C. The van der Waals surface area contributed by atoms with Crippen LogP contribution in [0.15, 0.2) is 77.9 Å². The molecule has 5 aromatic rings. The highest BCUT2D eigenvalue weighted by Crippen LogP contribution is 2.36. The van der Waals surface area contributed by atoms with Crippen molar-refractivity contribution in [1.29, 1.82) is 0 Å². The molecule has 0 bridgehead atoms. The van der Waals surface area contributed by atoms with Crippen LogP contribution < -0.4 is 24.7 Å². The van der Waals surface area contributed by atoms with Crippen LogP contribution in [-0.2, 0) is 13.6 Å². The van der Waals surface area contributed by atoms with Crippen LogP contribution in [0.1, 0.15) is 16.1 Å². The predicted molar refractivity (Wildman–Crippen MR) is 151 cm³/mol. The molecule has 1 amide bonds. The highest BCUT2D eigenvalue weighted by molar-refractivity contribution is 9.10. The molecule has 3 heterocycles. The van der Waals surface area contributed by atoms with Crippen molar-refractivity contribution in [2.24, 2.45) is 7.05 Å². The average molecular weight is 589 g/mol. The zero-order valence-corrected chi connectivity index (χ0v) is 23.3. The van der Waals surface area contributed by atoms with Gasteiger partial charge in [-0.25, -0.2) is 9.55 Å². The summed E-state index contributed by atoms with van der Waals surface area (Å²) in [6.07, 6.45) is 8.61. The topological polar surface area (TPSA) is 107 Å². The highest BCUT2D eigenvalue weighted by atomic mass is 79.9. The molecule has 0 fully saturated rings. The van der Waals surface area contributed by atoms with Crippen LogP contribution in [-0.4, -0.2) is 39.1 Å². The Labute approximate surface area is 233 Å². The number of aromatic nitrogens is 5. The van der Waals surface area contributed by atoms with Crippen molar-refractivity contribution in [3.63, 3.8) is 0 Å². The lowest BCUT2D eigenvalue weighted by Crippen LogP contribution is -2.40. The maximum absolute atomic E-state index is 12.7. The van der Waals surface area contributed by atoms with Crippen molar-refractivity contribution < 1.29 is 18.8 Å². The molecule has 0 aliphatic heterocycles. The number of benzene rings is 2. The van der Waals surface area contributed by atoms with E-state index in [1.165, 1.54) is 6.20 Å². The van der Waals surface area contributed by atoms with E-state index >= 15 is 0 Å². The molecule has 0 spiro atoms. The standard InChI is InChI=1S/C28H26BrN7O3/c1-18-14-19(4-5-21(18)29)33-28-34-22-16-26(25(38-3)17-24(22)35(28)2)39-20-6-7-31-23(15-20)27(37)32-10-13-36-11-8-30-9-12-36/h4-9,11-12,14-17H,10,13H2,1-3H3,(H-,32,33,34,37)/p+1. The molecule has 198 valence electrons. The number of halogens is 1. The summed E-state index contributed by atoms with van der Waals surface area (Å²) < 4.78 is 16.7. The van der Waals surface area contributed by atoms with Crippen LogP contribution >= 0.6 is 15.9 Å². The number of imidazole rings is 1. The van der Waals surface area contributed by atoms with Gasteiger partial charge in [0.1, 0.15) is 11.4 Å². The number of nitrogens with zero attached hydrogens (tertiary/aromatic N) is 5. The van der Waals surface area contributed by atoms with E-state index in [1.54, 1.807) is 31.6 Å². The third-order valence-corrected chi connectivity index (χ3v) is 7.01. The van der Waals surface area contributed by atoms with Gasteiger partial charge in [-0.1, -0.05) is 15.9 Å². The van der Waals surface area contributed by atoms with E-state index in [0.29, 0.717) is 36.3 Å². The highest BCUT2D eigenvalue weighted by Gasteiger charge is 2.16. The second-order valence-electron chi connectivity index (χ2n) is 8.79. The fourth-order valence-electron chi connectivity index (χ4n) is 4.01. The number of ether oxygens (including phenoxy) is 2. The number of carbonyl (C=O) groups excluding carboxylic acids is 1. The van der Waals surface area contributed by atoms with Gasteiger partial charge in [0.15, 0.2) is 30.4 Å². The fraction of sp³-hybridized carbons (Fsp3) is 0.179. The number of rotatable bonds is 9. The van der Waals surface area contributed by atoms with Crippen LogP contribution in [0.5, 0.6) is 17.2 Å². The van der Waals surface area contributed by atoms with Gasteiger partial charge in [0.25, 0.3) is 5.91 Å². The number of carbonyl (C=O) groups is 1. The van der Waals surface area contributed by atoms with Gasteiger partial charge < -0.3 is 24.7 Å². The lowest BCUT2D eigenvalue weighted by molar-refractivity contribution is -0.695. The summed E-state index contributed by atoms with van der Waals surface area (Å²) >= 11 is 3.54. The zero-order valence-electron chi connectivity index (χ0n) is 21.7. The number of nitrogens with one attached hydrogen (secondary N) is 2. The van der Waals surface area contributed by atoms with Crippen LogP contribution in [0, 0.1) is 6.92 Å². The Balaban J connectivity index is 1.33. The molecule has 39 heavy (non-hydrogen) atoms. The van der Waals surface area contributed by atoms with Gasteiger partial charge in [-0.3, -0.25) is 14.8 Å². The number of hydrogen-bond donors (Lipinski definition) is 2. The van der Waals surface area contributed by atoms with Gasteiger partial charge >= 0.3 is 0 Å². The molecule has 2 aromatic carbocycles. The monoisotopic (exact) mass is 588 g/mol. The second-order valence-corrected chi connectivity index (χ2v) is 9.65. The van der Waals surface area contributed by atoms with Crippen molar-refractivity contribution in [1.82, 2.24) is 24.8 Å². The van der Waals surface area contributed by atoms with E-state index in [9.17, 15) is 4.79 Å². The normalized spacial score (nSPS) is 10.9. The predicted octanol–water partition coefficient (Wildman–Crippen LogP) is 4.70. The first-order chi connectivity index (χ1) is 18.9. The molecule has 0 aliphatic carbocycles. The van der Waals surface area contributed by atoms with Gasteiger partial charge in [-0.05, 0) is 36.8 Å². The maximum atomic E-state index is 12.7. The minimum absolute atomic E-state index is 0.251. The van der Waals surface area contributed by atoms with Gasteiger partial charge in [0, 0.05) is 41.6 Å². The van der Waals surface area contributed by atoms with Crippen LogP contribution in [0.2, 0.25) is 0 Å². The number of amides is 1. The molecular formula is C28H27BrN7O3+. The Morgan fingerprint density at radius 1 is 1.08 bits per heavy atom. The van der Waals surface area contributed by atoms with E-state index in [4.69, 9.17) is 14.5 Å². The smallest absolute Gasteiger partial charge is 0.270 e. The minimum Gasteiger partial charge on any atom is -0.493 e. The largest absolute Gasteiger partial charge is 0.493 e. The first-order valence-corrected chi connectivity index (χ1v) is 13.0. The number of fused-ring (bicyclic) bond motifs is 1. The Kier molecular flexibility index (Phi) is 7.69. The molecule has 0 radical (unpaired) electrons. The number of pyridine rings is 1. The number of methoxy groups -OCH3 is 1. The van der Waals surface area contributed by atoms with Crippen molar-refractivity contribution in [2.45, 2.75) is 13.5 Å². The molecule has 2 N–H and O–H groups in total. The quantitative estimate of drug-likeness (QED) is 0.240. The molecule has 0 unspecified atom stereocenters. The molecule has 0 aliphatic rings. The summed E-state index contributed by atoms with van der Waals surface area (Å²) in [7, 11) is 3.52. The Bertz CT molecular complexity index is 1640. The summed E-state index contributed by atoms with van der Waals surface area (Å²) in [6.45, 7) is 3.10. The number of aryl methyl sites for hydroxylation is 2. The summed E-state index contributed by atoms with van der Waals surface area (Å²) in [5.74, 6) is 1.85. The number of hydrogen-bond acceptors (Lipinski definition) is 7. The van der Waals surface area contributed by atoms with E-state index in [0.717, 1.165) is 26.8 Å². The zero-order chi connectivity index (χ0) is 27.4.